The van der Waals surface area contributed by atoms with Crippen molar-refractivity contribution >= 4 is 9.84 Å². The zero-order chi connectivity index (χ0) is 14.8. The van der Waals surface area contributed by atoms with E-state index in [9.17, 15) is 8.42 Å². The Balaban J connectivity index is 1.66. The van der Waals surface area contributed by atoms with Crippen molar-refractivity contribution in [2.45, 2.75) is 57.2 Å². The summed E-state index contributed by atoms with van der Waals surface area (Å²) < 4.78 is 23.6. The highest BCUT2D eigenvalue weighted by atomic mass is 32.2. The molecule has 2 rings (SSSR count). The van der Waals surface area contributed by atoms with Gasteiger partial charge in [-0.2, -0.15) is 0 Å². The molecule has 0 spiro atoms. The van der Waals surface area contributed by atoms with Gasteiger partial charge in [-0.25, -0.2) is 8.42 Å². The molecule has 1 aliphatic heterocycles. The number of likely N-dealkylation sites (tertiary alicyclic amines) is 1. The lowest BCUT2D eigenvalue weighted by Crippen LogP contribution is -2.45. The molecule has 1 saturated carbocycles. The Hall–Kier alpha value is -0.130. The zero-order valence-corrected chi connectivity index (χ0v) is 14.0. The molecule has 0 unspecified atom stereocenters. The van der Waals surface area contributed by atoms with Crippen LogP contribution in [0.3, 0.4) is 0 Å². The Morgan fingerprint density at radius 3 is 2.20 bits per heavy atom. The van der Waals surface area contributed by atoms with E-state index in [1.165, 1.54) is 19.4 Å². The number of hydrogen-bond donors (Lipinski definition) is 1. The average molecular weight is 302 g/mol. The molecule has 1 aliphatic carbocycles. The van der Waals surface area contributed by atoms with Crippen molar-refractivity contribution in [3.05, 3.63) is 0 Å². The fraction of sp³-hybridized carbons (Fsp3) is 1.00. The molecular formula is C15H30N2O2S. The van der Waals surface area contributed by atoms with Crippen LogP contribution in [0.5, 0.6) is 0 Å². The van der Waals surface area contributed by atoms with E-state index in [0.29, 0.717) is 12.6 Å². The fourth-order valence-electron chi connectivity index (χ4n) is 2.57. The van der Waals surface area contributed by atoms with Crippen molar-refractivity contribution in [3.63, 3.8) is 0 Å². The minimum absolute atomic E-state index is 0.288. The van der Waals surface area contributed by atoms with E-state index in [1.807, 2.05) is 0 Å². The average Bonchev–Trinajstić information content (AvgIpc) is 3.18. The number of hydrogen-bond acceptors (Lipinski definition) is 4. The molecule has 0 amide bonds. The van der Waals surface area contributed by atoms with Crippen molar-refractivity contribution in [1.82, 2.24) is 10.2 Å². The van der Waals surface area contributed by atoms with Crippen LogP contribution < -0.4 is 5.32 Å². The summed E-state index contributed by atoms with van der Waals surface area (Å²) in [6, 6.07) is 0.645. The van der Waals surface area contributed by atoms with Gasteiger partial charge < -0.3 is 10.2 Å². The summed E-state index contributed by atoms with van der Waals surface area (Å²) in [4.78, 5) is 2.30. The summed E-state index contributed by atoms with van der Waals surface area (Å²) in [6.07, 6.45) is 5.11. The minimum Gasteiger partial charge on any atom is -0.314 e. The van der Waals surface area contributed by atoms with Crippen molar-refractivity contribution in [1.29, 1.82) is 0 Å². The third-order valence-corrected chi connectivity index (χ3v) is 7.18. The van der Waals surface area contributed by atoms with Gasteiger partial charge in [0.15, 0.2) is 9.84 Å². The van der Waals surface area contributed by atoms with Gasteiger partial charge in [-0.1, -0.05) is 0 Å². The maximum atomic E-state index is 12.1. The van der Waals surface area contributed by atoms with E-state index in [-0.39, 0.29) is 5.75 Å². The van der Waals surface area contributed by atoms with Crippen LogP contribution in [0, 0.1) is 5.92 Å². The quantitative estimate of drug-likeness (QED) is 0.811. The smallest absolute Gasteiger partial charge is 0.156 e. The predicted molar refractivity (Wildman–Crippen MR) is 83.7 cm³/mol. The van der Waals surface area contributed by atoms with E-state index in [4.69, 9.17) is 0 Å². The monoisotopic (exact) mass is 302 g/mol. The number of piperidine rings is 1. The highest BCUT2D eigenvalue weighted by molar-refractivity contribution is 7.92. The van der Waals surface area contributed by atoms with E-state index < -0.39 is 14.6 Å². The van der Waals surface area contributed by atoms with Crippen molar-refractivity contribution in [2.24, 2.45) is 5.92 Å². The number of rotatable bonds is 6. The molecule has 118 valence electrons. The van der Waals surface area contributed by atoms with Crippen molar-refractivity contribution < 1.29 is 8.42 Å². The lowest BCUT2D eigenvalue weighted by Gasteiger charge is -2.33. The number of nitrogens with one attached hydrogen (secondary N) is 1. The van der Waals surface area contributed by atoms with Crippen LogP contribution >= 0.6 is 0 Å². The molecule has 20 heavy (non-hydrogen) atoms. The maximum Gasteiger partial charge on any atom is 0.156 e. The third kappa shape index (κ3) is 4.71. The first-order valence-corrected chi connectivity index (χ1v) is 9.61. The van der Waals surface area contributed by atoms with Gasteiger partial charge in [0.2, 0.25) is 0 Å². The zero-order valence-electron chi connectivity index (χ0n) is 13.2. The summed E-state index contributed by atoms with van der Waals surface area (Å²) in [5, 5.41) is 3.66. The number of sulfone groups is 1. The number of nitrogens with zero attached hydrogens (tertiary/aromatic N) is 1. The van der Waals surface area contributed by atoms with Crippen LogP contribution in [0.4, 0.5) is 0 Å². The Kier molecular flexibility index (Phi) is 5.14. The normalized spacial score (nSPS) is 23.1. The van der Waals surface area contributed by atoms with E-state index in [0.717, 1.165) is 31.8 Å². The van der Waals surface area contributed by atoms with Crippen LogP contribution in [0.2, 0.25) is 0 Å². The lowest BCUT2D eigenvalue weighted by molar-refractivity contribution is 0.206. The molecule has 1 N–H and O–H groups in total. The molecule has 0 radical (unpaired) electrons. The molecule has 0 aromatic heterocycles. The van der Waals surface area contributed by atoms with Crippen LogP contribution in [0.25, 0.3) is 0 Å². The standard InChI is InChI=1S/C15H30N2O2S/c1-15(2,3)20(18,19)11-10-17-8-6-14(7-9-17)16-12-13-4-5-13/h13-14,16H,4-12H2,1-3H3. The van der Waals surface area contributed by atoms with E-state index in [2.05, 4.69) is 10.2 Å². The molecule has 5 heteroatoms. The van der Waals surface area contributed by atoms with Crippen molar-refractivity contribution in [2.75, 3.05) is 31.9 Å². The summed E-state index contributed by atoms with van der Waals surface area (Å²) >= 11 is 0. The van der Waals surface area contributed by atoms with Gasteiger partial charge in [0, 0.05) is 12.6 Å². The van der Waals surface area contributed by atoms with E-state index in [1.54, 1.807) is 20.8 Å². The Bertz CT molecular complexity index is 402. The van der Waals surface area contributed by atoms with Crippen LogP contribution in [0.1, 0.15) is 46.5 Å². The van der Waals surface area contributed by atoms with Gasteiger partial charge in [-0.15, -0.1) is 0 Å². The van der Waals surface area contributed by atoms with Gasteiger partial charge >= 0.3 is 0 Å². The first-order valence-electron chi connectivity index (χ1n) is 7.96. The molecule has 0 atom stereocenters. The fourth-order valence-corrected chi connectivity index (χ4v) is 3.68. The molecule has 0 aromatic rings. The molecule has 0 bridgehead atoms. The molecule has 2 aliphatic rings. The van der Waals surface area contributed by atoms with Gasteiger partial charge in [-0.05, 0) is 72.0 Å². The van der Waals surface area contributed by atoms with Crippen LogP contribution in [-0.4, -0.2) is 56.0 Å². The summed E-state index contributed by atoms with van der Waals surface area (Å²) in [5.74, 6) is 1.22. The molecule has 1 heterocycles. The summed E-state index contributed by atoms with van der Waals surface area (Å²) in [6.45, 7) is 9.30. The lowest BCUT2D eigenvalue weighted by atomic mass is 10.1. The largest absolute Gasteiger partial charge is 0.314 e. The second-order valence-corrected chi connectivity index (χ2v) is 10.3. The Labute approximate surface area is 124 Å². The van der Waals surface area contributed by atoms with Gasteiger partial charge in [0.25, 0.3) is 0 Å². The topological polar surface area (TPSA) is 49.4 Å². The van der Waals surface area contributed by atoms with Gasteiger partial charge in [0.05, 0.1) is 10.5 Å². The van der Waals surface area contributed by atoms with Gasteiger partial charge in [-0.3, -0.25) is 0 Å². The highest BCUT2D eigenvalue weighted by Gasteiger charge is 2.30. The molecule has 2 fully saturated rings. The highest BCUT2D eigenvalue weighted by Crippen LogP contribution is 2.28. The second kappa shape index (κ2) is 6.32. The first-order chi connectivity index (χ1) is 9.28. The molecule has 4 nitrogen and oxygen atoms in total. The Morgan fingerprint density at radius 2 is 1.70 bits per heavy atom. The molecule has 1 saturated heterocycles. The third-order valence-electron chi connectivity index (χ3n) is 4.59. The first kappa shape index (κ1) is 16.2. The van der Waals surface area contributed by atoms with Crippen molar-refractivity contribution in [3.8, 4) is 0 Å². The van der Waals surface area contributed by atoms with Crippen LogP contribution in [-0.2, 0) is 9.84 Å². The molecule has 0 aromatic carbocycles. The SMILES string of the molecule is CC(C)(C)S(=O)(=O)CCN1CCC(NCC2CC2)CC1. The predicted octanol–water partition coefficient (Wildman–Crippen LogP) is 1.66. The maximum absolute atomic E-state index is 12.1. The summed E-state index contributed by atoms with van der Waals surface area (Å²) in [7, 11) is -2.98. The summed E-state index contributed by atoms with van der Waals surface area (Å²) in [5.41, 5.74) is 0. The van der Waals surface area contributed by atoms with E-state index >= 15 is 0 Å². The van der Waals surface area contributed by atoms with Gasteiger partial charge in [0.1, 0.15) is 0 Å². The molecular weight excluding hydrogens is 272 g/mol. The van der Waals surface area contributed by atoms with Crippen LogP contribution in [0.15, 0.2) is 0 Å². The second-order valence-electron chi connectivity index (χ2n) is 7.40. The minimum atomic E-state index is -2.98. The Morgan fingerprint density at radius 1 is 1.10 bits per heavy atom.